The van der Waals surface area contributed by atoms with Crippen LogP contribution in [0, 0.1) is 0 Å². The highest BCUT2D eigenvalue weighted by Crippen LogP contribution is 2.40. The lowest BCUT2D eigenvalue weighted by atomic mass is 9.83. The van der Waals surface area contributed by atoms with Gasteiger partial charge in [-0.2, -0.15) is 0 Å². The zero-order valence-corrected chi connectivity index (χ0v) is 14.7. The van der Waals surface area contributed by atoms with Crippen molar-refractivity contribution >= 4 is 11.1 Å². The minimum atomic E-state index is 0.174. The zero-order valence-electron chi connectivity index (χ0n) is 14.7. The van der Waals surface area contributed by atoms with E-state index in [0.29, 0.717) is 0 Å². The number of benzene rings is 2. The van der Waals surface area contributed by atoms with Gasteiger partial charge >= 0.3 is 0 Å². The Kier molecular flexibility index (Phi) is 3.53. The third kappa shape index (κ3) is 2.48. The Morgan fingerprint density at radius 2 is 1.73 bits per heavy atom. The van der Waals surface area contributed by atoms with E-state index in [2.05, 4.69) is 96.7 Å². The number of allylic oxidation sites excluding steroid dienone is 4. The second-order valence-electron chi connectivity index (χ2n) is 7.14. The summed E-state index contributed by atoms with van der Waals surface area (Å²) in [5.41, 5.74) is 9.21. The summed E-state index contributed by atoms with van der Waals surface area (Å²) in [6.45, 7) is 4.42. The van der Waals surface area contributed by atoms with Crippen LogP contribution in [0.1, 0.15) is 23.1 Å². The fourth-order valence-electron chi connectivity index (χ4n) is 4.15. The molecule has 0 amide bonds. The van der Waals surface area contributed by atoms with Crippen LogP contribution >= 0.6 is 0 Å². The van der Waals surface area contributed by atoms with Crippen molar-refractivity contribution in [3.05, 3.63) is 120 Å². The summed E-state index contributed by atoms with van der Waals surface area (Å²) in [6, 6.07) is 19.5. The average Bonchev–Trinajstić information content (AvgIpc) is 2.84. The van der Waals surface area contributed by atoms with Crippen LogP contribution in [0.5, 0.6) is 0 Å². The third-order valence-electron chi connectivity index (χ3n) is 5.52. The summed E-state index contributed by atoms with van der Waals surface area (Å²) in [6.07, 6.45) is 13.5. The molecule has 1 heteroatoms. The van der Waals surface area contributed by atoms with E-state index in [0.717, 1.165) is 18.4 Å². The van der Waals surface area contributed by atoms with Gasteiger partial charge in [-0.1, -0.05) is 61.2 Å². The summed E-state index contributed by atoms with van der Waals surface area (Å²) < 4.78 is 0. The Labute approximate surface area is 155 Å². The smallest absolute Gasteiger partial charge is 0.0767 e. The molecule has 1 atom stereocenters. The number of aryl methyl sites for hydroxylation is 1. The van der Waals surface area contributed by atoms with Crippen molar-refractivity contribution in [3.8, 4) is 0 Å². The predicted molar refractivity (Wildman–Crippen MR) is 109 cm³/mol. The van der Waals surface area contributed by atoms with Gasteiger partial charge in [0, 0.05) is 12.4 Å². The maximum absolute atomic E-state index is 4.42. The maximum Gasteiger partial charge on any atom is 0.0767 e. The molecule has 1 unspecified atom stereocenters. The molecule has 126 valence electrons. The van der Waals surface area contributed by atoms with Gasteiger partial charge in [0.1, 0.15) is 0 Å². The summed E-state index contributed by atoms with van der Waals surface area (Å²) in [5, 5.41) is 0. The summed E-state index contributed by atoms with van der Waals surface area (Å²) in [7, 11) is 0. The van der Waals surface area contributed by atoms with Gasteiger partial charge in [-0.05, 0) is 70.1 Å². The van der Waals surface area contributed by atoms with Crippen LogP contribution in [-0.4, -0.2) is 10.9 Å². The molecule has 0 radical (unpaired) electrons. The molecular formula is C25H21N. The molecule has 1 nitrogen and oxygen atoms in total. The summed E-state index contributed by atoms with van der Waals surface area (Å²) in [4.78, 5) is 2.31. The van der Waals surface area contributed by atoms with E-state index in [1.165, 1.54) is 33.4 Å². The van der Waals surface area contributed by atoms with E-state index in [9.17, 15) is 0 Å². The Hall–Kier alpha value is -3.06. The van der Waals surface area contributed by atoms with Gasteiger partial charge in [0.2, 0.25) is 0 Å². The van der Waals surface area contributed by atoms with Gasteiger partial charge in [0.15, 0.2) is 0 Å². The summed E-state index contributed by atoms with van der Waals surface area (Å²) >= 11 is 0. The number of hydrogen-bond donors (Lipinski definition) is 0. The highest BCUT2D eigenvalue weighted by molar-refractivity contribution is 5.85. The highest BCUT2D eigenvalue weighted by atomic mass is 15.1. The van der Waals surface area contributed by atoms with Crippen LogP contribution in [-0.2, 0) is 6.42 Å². The normalized spacial score (nSPS) is 20.9. The molecule has 0 fully saturated rings. The van der Waals surface area contributed by atoms with Crippen molar-refractivity contribution in [2.24, 2.45) is 0 Å². The standard InChI is InChI=1S/C25H21N/c1-18-15-24-22(12-11-20-9-5-6-10-23(20)24)17-26-14-13-21(16-25(18)26)19-7-3-2-4-8-19/h2-10,13-17,25H,1,11-12H2. The van der Waals surface area contributed by atoms with Gasteiger partial charge in [0.25, 0.3) is 0 Å². The van der Waals surface area contributed by atoms with Crippen molar-refractivity contribution in [2.45, 2.75) is 18.9 Å². The average molecular weight is 335 g/mol. The van der Waals surface area contributed by atoms with E-state index in [-0.39, 0.29) is 6.04 Å². The lowest BCUT2D eigenvalue weighted by Crippen LogP contribution is -2.27. The fraction of sp³-hybridized carbons (Fsp3) is 0.120. The number of rotatable bonds is 1. The Morgan fingerprint density at radius 3 is 2.62 bits per heavy atom. The molecule has 0 spiro atoms. The molecule has 0 bridgehead atoms. The predicted octanol–water partition coefficient (Wildman–Crippen LogP) is 5.75. The summed E-state index contributed by atoms with van der Waals surface area (Å²) in [5.74, 6) is 0. The van der Waals surface area contributed by atoms with E-state index >= 15 is 0 Å². The Bertz CT molecular complexity index is 1000. The van der Waals surface area contributed by atoms with Crippen molar-refractivity contribution in [3.63, 3.8) is 0 Å². The SMILES string of the molecule is C=C1C=C2C(=CN3C=CC(c4ccccc4)=CC13)CCc1ccccc12. The molecule has 1 aliphatic carbocycles. The van der Waals surface area contributed by atoms with Crippen LogP contribution in [0.2, 0.25) is 0 Å². The number of nitrogens with zero attached hydrogens (tertiary/aromatic N) is 1. The molecule has 26 heavy (non-hydrogen) atoms. The second kappa shape index (κ2) is 6.03. The molecule has 2 aromatic rings. The second-order valence-corrected chi connectivity index (χ2v) is 7.14. The third-order valence-corrected chi connectivity index (χ3v) is 5.52. The van der Waals surface area contributed by atoms with Gasteiger partial charge < -0.3 is 4.90 Å². The zero-order chi connectivity index (χ0) is 17.5. The van der Waals surface area contributed by atoms with E-state index in [4.69, 9.17) is 0 Å². The Morgan fingerprint density at radius 1 is 0.923 bits per heavy atom. The number of fused-ring (bicyclic) bond motifs is 4. The van der Waals surface area contributed by atoms with Crippen molar-refractivity contribution in [2.75, 3.05) is 0 Å². The van der Waals surface area contributed by atoms with Crippen LogP contribution in [0.15, 0.2) is 103 Å². The topological polar surface area (TPSA) is 3.24 Å². The van der Waals surface area contributed by atoms with Crippen LogP contribution in [0.25, 0.3) is 11.1 Å². The van der Waals surface area contributed by atoms with E-state index < -0.39 is 0 Å². The molecule has 3 aliphatic rings. The molecule has 2 aromatic carbocycles. The molecule has 5 rings (SSSR count). The van der Waals surface area contributed by atoms with Crippen molar-refractivity contribution in [1.29, 1.82) is 0 Å². The first-order valence-corrected chi connectivity index (χ1v) is 9.22. The highest BCUT2D eigenvalue weighted by Gasteiger charge is 2.26. The minimum absolute atomic E-state index is 0.174. The molecule has 0 saturated carbocycles. The molecule has 2 aliphatic heterocycles. The largest absolute Gasteiger partial charge is 0.343 e. The van der Waals surface area contributed by atoms with Crippen molar-refractivity contribution < 1.29 is 0 Å². The molecular weight excluding hydrogens is 314 g/mol. The molecule has 0 aromatic heterocycles. The Balaban J connectivity index is 1.58. The lowest BCUT2D eigenvalue weighted by Gasteiger charge is -2.29. The first-order valence-electron chi connectivity index (χ1n) is 9.22. The van der Waals surface area contributed by atoms with Crippen LogP contribution < -0.4 is 0 Å². The minimum Gasteiger partial charge on any atom is -0.343 e. The van der Waals surface area contributed by atoms with Gasteiger partial charge in [0.05, 0.1) is 6.04 Å². The first kappa shape index (κ1) is 15.2. The monoisotopic (exact) mass is 335 g/mol. The van der Waals surface area contributed by atoms with Gasteiger partial charge in [-0.15, -0.1) is 0 Å². The van der Waals surface area contributed by atoms with Crippen molar-refractivity contribution in [1.82, 2.24) is 4.90 Å². The van der Waals surface area contributed by atoms with E-state index in [1.54, 1.807) is 0 Å². The van der Waals surface area contributed by atoms with E-state index in [1.807, 2.05) is 0 Å². The lowest BCUT2D eigenvalue weighted by molar-refractivity contribution is 0.471. The van der Waals surface area contributed by atoms with Crippen LogP contribution in [0.3, 0.4) is 0 Å². The van der Waals surface area contributed by atoms with Crippen LogP contribution in [0.4, 0.5) is 0 Å². The van der Waals surface area contributed by atoms with Gasteiger partial charge in [-0.25, -0.2) is 0 Å². The maximum atomic E-state index is 4.42. The number of hydrogen-bond acceptors (Lipinski definition) is 1. The molecule has 2 heterocycles. The molecule has 0 saturated heterocycles. The first-order chi connectivity index (χ1) is 12.8. The van der Waals surface area contributed by atoms with Gasteiger partial charge in [-0.3, -0.25) is 0 Å². The molecule has 0 N–H and O–H groups in total. The fourth-order valence-corrected chi connectivity index (χ4v) is 4.15. The quantitative estimate of drug-likeness (QED) is 0.641.